The highest BCUT2D eigenvalue weighted by atomic mass is 16.5. The van der Waals surface area contributed by atoms with Crippen LogP contribution in [0.25, 0.3) is 0 Å². The Morgan fingerprint density at radius 3 is 2.15 bits per heavy atom. The van der Waals surface area contributed by atoms with Crippen LogP contribution in [0.15, 0.2) is 11.9 Å². The quantitative estimate of drug-likeness (QED) is 0.471. The lowest BCUT2D eigenvalue weighted by Gasteiger charge is -2.09. The molecule has 0 radical (unpaired) electrons. The maximum absolute atomic E-state index is 11.0. The molecule has 0 aliphatic rings. The maximum Gasteiger partial charge on any atom is 0.334 e. The summed E-state index contributed by atoms with van der Waals surface area (Å²) in [4.78, 5) is 11.0. The third kappa shape index (κ3) is 6.02. The average Bonchev–Trinajstić information content (AvgIpc) is 2.05. The molecule has 0 atom stereocenters. The number of carbonyl (C=O) groups excluding carboxylic acids is 1. The van der Waals surface area contributed by atoms with Crippen LogP contribution in [-0.4, -0.2) is 25.7 Å². The highest BCUT2D eigenvalue weighted by Gasteiger charge is 1.99. The first-order valence-corrected chi connectivity index (χ1v) is 4.60. The van der Waals surface area contributed by atoms with Gasteiger partial charge in [0.15, 0.2) is 0 Å². The number of nitrogens with one attached hydrogen (secondary N) is 2. The molecule has 0 saturated heterocycles. The number of carbonyl (C=O) groups is 1. The fraction of sp³-hybridized carbons (Fsp3) is 0.667. The molecule has 0 bridgehead atoms. The fourth-order valence-electron chi connectivity index (χ4n) is 0.847. The summed E-state index contributed by atoms with van der Waals surface area (Å²) in [6.07, 6.45) is 1.43. The zero-order valence-corrected chi connectivity index (χ0v) is 8.52. The van der Waals surface area contributed by atoms with Crippen LogP contribution in [0.5, 0.6) is 0 Å². The van der Waals surface area contributed by atoms with Gasteiger partial charge in [-0.25, -0.2) is 4.79 Å². The molecule has 0 aliphatic carbocycles. The molecule has 0 fully saturated rings. The Morgan fingerprint density at radius 1 is 1.23 bits per heavy atom. The molecule has 0 rings (SSSR count). The summed E-state index contributed by atoms with van der Waals surface area (Å²) in [6, 6.07) is 0. The van der Waals surface area contributed by atoms with E-state index in [1.54, 1.807) is 6.92 Å². The molecule has 13 heavy (non-hydrogen) atoms. The van der Waals surface area contributed by atoms with Gasteiger partial charge >= 0.3 is 5.97 Å². The highest BCUT2D eigenvalue weighted by molar-refractivity contribution is 5.82. The van der Waals surface area contributed by atoms with Gasteiger partial charge < -0.3 is 15.4 Å². The Balaban J connectivity index is 4.07. The first kappa shape index (κ1) is 11.8. The van der Waals surface area contributed by atoms with Gasteiger partial charge in [-0.3, -0.25) is 0 Å². The van der Waals surface area contributed by atoms with Crippen molar-refractivity contribution in [1.82, 2.24) is 10.6 Å². The SMILES string of the molecule is CCNC(=CC(=O)OCC)NCC. The zero-order chi connectivity index (χ0) is 10.1. The van der Waals surface area contributed by atoms with E-state index in [1.807, 2.05) is 13.8 Å². The molecule has 76 valence electrons. The lowest BCUT2D eigenvalue weighted by atomic mass is 10.5. The minimum absolute atomic E-state index is 0.320. The van der Waals surface area contributed by atoms with E-state index in [1.165, 1.54) is 6.08 Å². The molecule has 0 unspecified atom stereocenters. The van der Waals surface area contributed by atoms with Crippen molar-refractivity contribution in [2.24, 2.45) is 0 Å². The van der Waals surface area contributed by atoms with Gasteiger partial charge in [-0.05, 0) is 20.8 Å². The topological polar surface area (TPSA) is 50.4 Å². The van der Waals surface area contributed by atoms with Gasteiger partial charge in [0.1, 0.15) is 5.82 Å². The van der Waals surface area contributed by atoms with Crippen LogP contribution in [0.1, 0.15) is 20.8 Å². The third-order valence-corrected chi connectivity index (χ3v) is 1.28. The van der Waals surface area contributed by atoms with Crippen molar-refractivity contribution in [1.29, 1.82) is 0 Å². The van der Waals surface area contributed by atoms with Crippen LogP contribution in [0.2, 0.25) is 0 Å². The molecular weight excluding hydrogens is 168 g/mol. The molecule has 0 spiro atoms. The lowest BCUT2D eigenvalue weighted by molar-refractivity contribution is -0.137. The van der Waals surface area contributed by atoms with Crippen LogP contribution in [0.4, 0.5) is 0 Å². The van der Waals surface area contributed by atoms with Gasteiger partial charge in [-0.2, -0.15) is 0 Å². The molecule has 0 amide bonds. The minimum Gasteiger partial charge on any atom is -0.463 e. The summed E-state index contributed by atoms with van der Waals surface area (Å²) < 4.78 is 4.77. The molecule has 2 N–H and O–H groups in total. The van der Waals surface area contributed by atoms with E-state index in [0.717, 1.165) is 13.1 Å². The number of rotatable bonds is 6. The summed E-state index contributed by atoms with van der Waals surface area (Å²) >= 11 is 0. The van der Waals surface area contributed by atoms with Crippen LogP contribution in [0.3, 0.4) is 0 Å². The number of hydrogen-bond acceptors (Lipinski definition) is 4. The largest absolute Gasteiger partial charge is 0.463 e. The van der Waals surface area contributed by atoms with E-state index in [9.17, 15) is 4.79 Å². The molecular formula is C9H18N2O2. The molecule has 0 heterocycles. The Bertz CT molecular complexity index is 170. The predicted molar refractivity (Wildman–Crippen MR) is 52.1 cm³/mol. The van der Waals surface area contributed by atoms with E-state index in [0.29, 0.717) is 12.4 Å². The minimum atomic E-state index is -0.320. The first-order chi connectivity index (χ1) is 6.24. The summed E-state index contributed by atoms with van der Waals surface area (Å²) in [7, 11) is 0. The van der Waals surface area contributed by atoms with Crippen molar-refractivity contribution < 1.29 is 9.53 Å². The molecule has 0 aromatic heterocycles. The van der Waals surface area contributed by atoms with Crippen LogP contribution in [-0.2, 0) is 9.53 Å². The summed E-state index contributed by atoms with van der Waals surface area (Å²) in [5, 5.41) is 6.04. The summed E-state index contributed by atoms with van der Waals surface area (Å²) in [5.74, 6) is 0.392. The normalized spacial score (nSPS) is 8.85. The Morgan fingerprint density at radius 2 is 1.77 bits per heavy atom. The number of esters is 1. The highest BCUT2D eigenvalue weighted by Crippen LogP contribution is 1.86. The Hall–Kier alpha value is -1.19. The molecule has 4 nitrogen and oxygen atoms in total. The second-order valence-electron chi connectivity index (χ2n) is 2.37. The smallest absolute Gasteiger partial charge is 0.334 e. The van der Waals surface area contributed by atoms with Gasteiger partial charge in [0.25, 0.3) is 0 Å². The van der Waals surface area contributed by atoms with Gasteiger partial charge in [0.05, 0.1) is 12.7 Å². The van der Waals surface area contributed by atoms with Crippen molar-refractivity contribution in [3.05, 3.63) is 11.9 Å². The van der Waals surface area contributed by atoms with Gasteiger partial charge in [0, 0.05) is 13.1 Å². The van der Waals surface area contributed by atoms with Gasteiger partial charge in [-0.1, -0.05) is 0 Å². The zero-order valence-electron chi connectivity index (χ0n) is 8.52. The number of ether oxygens (including phenoxy) is 1. The van der Waals surface area contributed by atoms with Crippen molar-refractivity contribution >= 4 is 5.97 Å². The summed E-state index contributed by atoms with van der Waals surface area (Å²) in [5.41, 5.74) is 0. The molecule has 0 aromatic rings. The van der Waals surface area contributed by atoms with Gasteiger partial charge in [0.2, 0.25) is 0 Å². The van der Waals surface area contributed by atoms with E-state index >= 15 is 0 Å². The first-order valence-electron chi connectivity index (χ1n) is 4.60. The lowest BCUT2D eigenvalue weighted by Crippen LogP contribution is -2.27. The van der Waals surface area contributed by atoms with Crippen molar-refractivity contribution in [3.63, 3.8) is 0 Å². The van der Waals surface area contributed by atoms with Crippen molar-refractivity contribution in [2.75, 3.05) is 19.7 Å². The third-order valence-electron chi connectivity index (χ3n) is 1.28. The molecule has 0 aromatic carbocycles. The second kappa shape index (κ2) is 7.46. The standard InChI is InChI=1S/C9H18N2O2/c1-4-10-8(11-5-2)7-9(12)13-6-3/h7,10-11H,4-6H2,1-3H3. The molecule has 0 saturated carbocycles. The van der Waals surface area contributed by atoms with Gasteiger partial charge in [-0.15, -0.1) is 0 Å². The fourth-order valence-corrected chi connectivity index (χ4v) is 0.847. The summed E-state index contributed by atoms with van der Waals surface area (Å²) in [6.45, 7) is 7.68. The van der Waals surface area contributed by atoms with E-state index < -0.39 is 0 Å². The Labute approximate surface area is 79.3 Å². The monoisotopic (exact) mass is 186 g/mol. The van der Waals surface area contributed by atoms with E-state index in [-0.39, 0.29) is 5.97 Å². The van der Waals surface area contributed by atoms with E-state index in [2.05, 4.69) is 10.6 Å². The average molecular weight is 186 g/mol. The van der Waals surface area contributed by atoms with Crippen LogP contribution >= 0.6 is 0 Å². The van der Waals surface area contributed by atoms with Crippen LogP contribution in [0, 0.1) is 0 Å². The van der Waals surface area contributed by atoms with Crippen molar-refractivity contribution in [2.45, 2.75) is 20.8 Å². The maximum atomic E-state index is 11.0. The van der Waals surface area contributed by atoms with E-state index in [4.69, 9.17) is 4.74 Å². The predicted octanol–water partition coefficient (Wildman–Crippen LogP) is 0.610. The second-order valence-corrected chi connectivity index (χ2v) is 2.37. The van der Waals surface area contributed by atoms with Crippen molar-refractivity contribution in [3.8, 4) is 0 Å². The molecule has 4 heteroatoms. The van der Waals surface area contributed by atoms with Crippen LogP contribution < -0.4 is 10.6 Å². The Kier molecular flexibility index (Phi) is 6.78. The molecule has 0 aliphatic heterocycles. The number of hydrogen-bond donors (Lipinski definition) is 2.